The largest absolute Gasteiger partial charge is 0.247 e. The summed E-state index contributed by atoms with van der Waals surface area (Å²) in [6.07, 6.45) is 5.46. The van der Waals surface area contributed by atoms with E-state index >= 15 is 0 Å². The third kappa shape index (κ3) is 1.19. The maximum atomic E-state index is 13.3. The molecule has 0 aromatic rings. The fourth-order valence-corrected chi connectivity index (χ4v) is 3.05. The van der Waals surface area contributed by atoms with Gasteiger partial charge in [-0.25, -0.2) is 4.39 Å². The third-order valence-electron chi connectivity index (χ3n) is 3.67. The highest BCUT2D eigenvalue weighted by atomic mass is 19.1. The van der Waals surface area contributed by atoms with Gasteiger partial charge in [-0.05, 0) is 37.0 Å². The van der Waals surface area contributed by atoms with Gasteiger partial charge in [0.05, 0.1) is 0 Å². The lowest BCUT2D eigenvalue weighted by Gasteiger charge is -2.27. The molecule has 1 heteroatoms. The van der Waals surface area contributed by atoms with Gasteiger partial charge < -0.3 is 0 Å². The van der Waals surface area contributed by atoms with Gasteiger partial charge in [0.1, 0.15) is 6.17 Å². The fraction of sp³-hybridized carbons (Fsp3) is 1.00. The molecule has 0 bridgehead atoms. The Kier molecular flexibility index (Phi) is 1.90. The Morgan fingerprint density at radius 3 is 2.36 bits per heavy atom. The van der Waals surface area contributed by atoms with Crippen molar-refractivity contribution in [3.63, 3.8) is 0 Å². The van der Waals surface area contributed by atoms with Crippen LogP contribution in [0.5, 0.6) is 0 Å². The van der Waals surface area contributed by atoms with Gasteiger partial charge in [-0.15, -0.1) is 0 Å². The molecule has 0 heterocycles. The Balaban J connectivity index is 2.07. The van der Waals surface area contributed by atoms with E-state index in [0.717, 1.165) is 18.8 Å². The molecule has 2 saturated carbocycles. The average molecular weight is 156 g/mol. The SMILES string of the molecule is CC1CC(F)C2CCCCC12. The van der Waals surface area contributed by atoms with Crippen LogP contribution in [0.4, 0.5) is 4.39 Å². The lowest BCUT2D eigenvalue weighted by molar-refractivity contribution is 0.174. The molecule has 0 radical (unpaired) electrons. The summed E-state index contributed by atoms with van der Waals surface area (Å²) in [6.45, 7) is 2.22. The van der Waals surface area contributed by atoms with Gasteiger partial charge in [-0.1, -0.05) is 19.8 Å². The molecule has 0 saturated heterocycles. The van der Waals surface area contributed by atoms with Crippen molar-refractivity contribution in [1.82, 2.24) is 0 Å². The predicted octanol–water partition coefficient (Wildman–Crippen LogP) is 3.17. The van der Waals surface area contributed by atoms with Gasteiger partial charge in [-0.3, -0.25) is 0 Å². The molecule has 4 unspecified atom stereocenters. The van der Waals surface area contributed by atoms with Crippen molar-refractivity contribution in [3.05, 3.63) is 0 Å². The van der Waals surface area contributed by atoms with Crippen LogP contribution in [0.1, 0.15) is 39.0 Å². The quantitative estimate of drug-likeness (QED) is 0.505. The predicted molar refractivity (Wildman–Crippen MR) is 44.1 cm³/mol. The van der Waals surface area contributed by atoms with Gasteiger partial charge in [0, 0.05) is 0 Å². The van der Waals surface area contributed by atoms with E-state index in [0.29, 0.717) is 11.8 Å². The van der Waals surface area contributed by atoms with E-state index in [2.05, 4.69) is 6.92 Å². The molecule has 2 rings (SSSR count). The zero-order valence-electron chi connectivity index (χ0n) is 7.22. The van der Waals surface area contributed by atoms with Gasteiger partial charge in [-0.2, -0.15) is 0 Å². The van der Waals surface area contributed by atoms with Crippen molar-refractivity contribution in [2.75, 3.05) is 0 Å². The minimum atomic E-state index is -0.463. The summed E-state index contributed by atoms with van der Waals surface area (Å²) in [7, 11) is 0. The zero-order chi connectivity index (χ0) is 7.84. The second-order valence-corrected chi connectivity index (χ2v) is 4.34. The monoisotopic (exact) mass is 156 g/mol. The summed E-state index contributed by atoms with van der Waals surface area (Å²) < 4.78 is 13.3. The smallest absolute Gasteiger partial charge is 0.103 e. The summed E-state index contributed by atoms with van der Waals surface area (Å²) in [5.41, 5.74) is 0. The molecule has 0 N–H and O–H groups in total. The molecule has 2 aliphatic rings. The molecule has 2 fully saturated rings. The maximum absolute atomic E-state index is 13.3. The summed E-state index contributed by atoms with van der Waals surface area (Å²) in [4.78, 5) is 0. The Morgan fingerprint density at radius 2 is 1.73 bits per heavy atom. The van der Waals surface area contributed by atoms with Crippen LogP contribution < -0.4 is 0 Å². The molecule has 11 heavy (non-hydrogen) atoms. The first-order chi connectivity index (χ1) is 5.29. The highest BCUT2D eigenvalue weighted by Gasteiger charge is 2.41. The number of halogens is 1. The molecule has 64 valence electrons. The topological polar surface area (TPSA) is 0 Å². The average Bonchev–Trinajstić information content (AvgIpc) is 2.30. The molecule has 0 aromatic heterocycles. The lowest BCUT2D eigenvalue weighted by atomic mass is 9.78. The standard InChI is InChI=1S/C10H17F/c1-7-6-10(11)9-5-3-2-4-8(7)9/h7-10H,2-6H2,1H3. The Bertz CT molecular complexity index is 128. The van der Waals surface area contributed by atoms with Crippen molar-refractivity contribution in [3.8, 4) is 0 Å². The van der Waals surface area contributed by atoms with E-state index in [1.807, 2.05) is 0 Å². The normalized spacial score (nSPS) is 50.7. The van der Waals surface area contributed by atoms with Crippen LogP contribution >= 0.6 is 0 Å². The van der Waals surface area contributed by atoms with Crippen LogP contribution in [0.3, 0.4) is 0 Å². The molecule has 4 atom stereocenters. The number of rotatable bonds is 0. The first kappa shape index (κ1) is 7.57. The summed E-state index contributed by atoms with van der Waals surface area (Å²) >= 11 is 0. The van der Waals surface area contributed by atoms with Crippen molar-refractivity contribution in [2.45, 2.75) is 45.2 Å². The first-order valence-corrected chi connectivity index (χ1v) is 4.93. The molecule has 0 aliphatic heterocycles. The van der Waals surface area contributed by atoms with Crippen molar-refractivity contribution >= 4 is 0 Å². The highest BCUT2D eigenvalue weighted by Crippen LogP contribution is 2.46. The van der Waals surface area contributed by atoms with Gasteiger partial charge >= 0.3 is 0 Å². The van der Waals surface area contributed by atoms with Crippen LogP contribution in [-0.2, 0) is 0 Å². The van der Waals surface area contributed by atoms with Crippen LogP contribution in [0.2, 0.25) is 0 Å². The second kappa shape index (κ2) is 2.76. The number of fused-ring (bicyclic) bond motifs is 1. The van der Waals surface area contributed by atoms with E-state index in [9.17, 15) is 4.39 Å². The van der Waals surface area contributed by atoms with Gasteiger partial charge in [0.25, 0.3) is 0 Å². The number of alkyl halides is 1. The van der Waals surface area contributed by atoms with Gasteiger partial charge in [0.2, 0.25) is 0 Å². The van der Waals surface area contributed by atoms with E-state index in [1.54, 1.807) is 0 Å². The minimum Gasteiger partial charge on any atom is -0.247 e. The molecule has 0 aromatic carbocycles. The summed E-state index contributed by atoms with van der Waals surface area (Å²) in [6, 6.07) is 0. The van der Waals surface area contributed by atoms with Crippen LogP contribution in [0, 0.1) is 17.8 Å². The first-order valence-electron chi connectivity index (χ1n) is 4.93. The number of hydrogen-bond acceptors (Lipinski definition) is 0. The lowest BCUT2D eigenvalue weighted by Crippen LogP contribution is -2.21. The Labute approximate surface area is 68.2 Å². The molecule has 2 aliphatic carbocycles. The van der Waals surface area contributed by atoms with Crippen molar-refractivity contribution < 1.29 is 4.39 Å². The van der Waals surface area contributed by atoms with Crippen LogP contribution in [-0.4, -0.2) is 6.17 Å². The van der Waals surface area contributed by atoms with Gasteiger partial charge in [0.15, 0.2) is 0 Å². The second-order valence-electron chi connectivity index (χ2n) is 4.34. The molecular formula is C10H17F. The number of hydrogen-bond donors (Lipinski definition) is 0. The van der Waals surface area contributed by atoms with E-state index < -0.39 is 6.17 Å². The Hall–Kier alpha value is -0.0700. The van der Waals surface area contributed by atoms with Crippen LogP contribution in [0.15, 0.2) is 0 Å². The molecule has 0 amide bonds. The summed E-state index contributed by atoms with van der Waals surface area (Å²) in [5, 5.41) is 0. The fourth-order valence-electron chi connectivity index (χ4n) is 3.05. The van der Waals surface area contributed by atoms with E-state index in [4.69, 9.17) is 0 Å². The van der Waals surface area contributed by atoms with E-state index in [-0.39, 0.29) is 0 Å². The third-order valence-corrected chi connectivity index (χ3v) is 3.67. The molecule has 0 nitrogen and oxygen atoms in total. The van der Waals surface area contributed by atoms with Crippen molar-refractivity contribution in [2.24, 2.45) is 17.8 Å². The maximum Gasteiger partial charge on any atom is 0.103 e. The van der Waals surface area contributed by atoms with Crippen LogP contribution in [0.25, 0.3) is 0 Å². The molecule has 0 spiro atoms. The highest BCUT2D eigenvalue weighted by molar-refractivity contribution is 4.91. The Morgan fingerprint density at radius 1 is 1.09 bits per heavy atom. The zero-order valence-corrected chi connectivity index (χ0v) is 7.22. The minimum absolute atomic E-state index is 0.443. The van der Waals surface area contributed by atoms with E-state index in [1.165, 1.54) is 19.3 Å². The summed E-state index contributed by atoms with van der Waals surface area (Å²) in [5.74, 6) is 1.84. The molecular weight excluding hydrogens is 139 g/mol. The van der Waals surface area contributed by atoms with Crippen molar-refractivity contribution in [1.29, 1.82) is 0 Å².